The van der Waals surface area contributed by atoms with E-state index in [4.69, 9.17) is 4.42 Å². The molecule has 0 spiro atoms. The summed E-state index contributed by atoms with van der Waals surface area (Å²) in [6.07, 6.45) is 0. The Morgan fingerprint density at radius 3 is 2.69 bits per heavy atom. The van der Waals surface area contributed by atoms with Crippen LogP contribution in [-0.2, 0) is 9.59 Å². The molecule has 1 heterocycles. The van der Waals surface area contributed by atoms with Gasteiger partial charge in [-0.05, 0) is 0 Å². The molecule has 0 bridgehead atoms. The predicted molar refractivity (Wildman–Crippen MR) is 56.8 cm³/mol. The first-order valence-corrected chi connectivity index (χ1v) is 5.50. The Bertz CT molecular complexity index is 379. The van der Waals surface area contributed by atoms with Crippen LogP contribution in [0.1, 0.15) is 5.89 Å². The molecular formula is C8H12N4O3S. The molecule has 0 saturated carbocycles. The fourth-order valence-corrected chi connectivity index (χ4v) is 1.42. The van der Waals surface area contributed by atoms with E-state index in [2.05, 4.69) is 20.8 Å². The van der Waals surface area contributed by atoms with Crippen molar-refractivity contribution in [3.63, 3.8) is 0 Å². The number of thioether (sulfide) groups is 1. The molecule has 0 aliphatic carbocycles. The van der Waals surface area contributed by atoms with Gasteiger partial charge in [0.1, 0.15) is 0 Å². The Morgan fingerprint density at radius 2 is 2.12 bits per heavy atom. The molecule has 0 saturated heterocycles. The normalized spacial score (nSPS) is 9.88. The van der Waals surface area contributed by atoms with E-state index in [9.17, 15) is 9.59 Å². The first-order chi connectivity index (χ1) is 7.61. The minimum absolute atomic E-state index is 0.0290. The second-order valence-electron chi connectivity index (χ2n) is 2.83. The Hall–Kier alpha value is -1.57. The lowest BCUT2D eigenvalue weighted by atomic mass is 10.5. The van der Waals surface area contributed by atoms with Gasteiger partial charge in [0.15, 0.2) is 0 Å². The average molecular weight is 244 g/mol. The van der Waals surface area contributed by atoms with Crippen LogP contribution in [-0.4, -0.2) is 41.4 Å². The van der Waals surface area contributed by atoms with Crippen LogP contribution in [0.5, 0.6) is 0 Å². The van der Waals surface area contributed by atoms with Crippen molar-refractivity contribution in [2.45, 2.75) is 12.1 Å². The standard InChI is InChI=1S/C8H12N4O3S/c1-5-11-12-8(15-5)16-4-7(14)10-3-6(13)9-2/h3-4H2,1-2H3,(H,9,13)(H,10,14). The predicted octanol–water partition coefficient (Wildman–Crippen LogP) is -0.668. The van der Waals surface area contributed by atoms with Gasteiger partial charge in [0.2, 0.25) is 17.7 Å². The van der Waals surface area contributed by atoms with Gasteiger partial charge in [0.05, 0.1) is 12.3 Å². The van der Waals surface area contributed by atoms with E-state index >= 15 is 0 Å². The van der Waals surface area contributed by atoms with Crippen molar-refractivity contribution in [2.75, 3.05) is 19.3 Å². The summed E-state index contributed by atoms with van der Waals surface area (Å²) < 4.78 is 5.06. The molecule has 1 aromatic heterocycles. The summed E-state index contributed by atoms with van der Waals surface area (Å²) in [6.45, 7) is 1.64. The van der Waals surface area contributed by atoms with Gasteiger partial charge in [-0.1, -0.05) is 11.8 Å². The SMILES string of the molecule is CNC(=O)CNC(=O)CSc1nnc(C)o1. The van der Waals surface area contributed by atoms with E-state index in [1.807, 2.05) is 0 Å². The summed E-state index contributed by atoms with van der Waals surface area (Å²) >= 11 is 1.12. The molecule has 88 valence electrons. The minimum atomic E-state index is -0.260. The molecule has 2 N–H and O–H groups in total. The van der Waals surface area contributed by atoms with Crippen molar-refractivity contribution < 1.29 is 14.0 Å². The topological polar surface area (TPSA) is 97.1 Å². The molecule has 1 rings (SSSR count). The zero-order valence-electron chi connectivity index (χ0n) is 8.94. The summed E-state index contributed by atoms with van der Waals surface area (Å²) in [5.41, 5.74) is 0. The van der Waals surface area contributed by atoms with Crippen molar-refractivity contribution in [3.8, 4) is 0 Å². The number of nitrogens with zero attached hydrogens (tertiary/aromatic N) is 2. The lowest BCUT2D eigenvalue weighted by molar-refractivity contribution is -0.124. The van der Waals surface area contributed by atoms with Crippen molar-refractivity contribution in [1.29, 1.82) is 0 Å². The highest BCUT2D eigenvalue weighted by Gasteiger charge is 2.08. The first kappa shape index (κ1) is 12.5. The second-order valence-corrected chi connectivity index (χ2v) is 3.75. The highest BCUT2D eigenvalue weighted by Crippen LogP contribution is 2.14. The quantitative estimate of drug-likeness (QED) is 0.667. The molecular weight excluding hydrogens is 232 g/mol. The van der Waals surface area contributed by atoms with Crippen molar-refractivity contribution >= 4 is 23.6 Å². The fourth-order valence-electron chi connectivity index (χ4n) is 0.782. The van der Waals surface area contributed by atoms with Crippen LogP contribution in [0.3, 0.4) is 0 Å². The van der Waals surface area contributed by atoms with Gasteiger partial charge in [0, 0.05) is 14.0 Å². The van der Waals surface area contributed by atoms with Crippen molar-refractivity contribution in [2.24, 2.45) is 0 Å². The first-order valence-electron chi connectivity index (χ1n) is 4.52. The number of likely N-dealkylation sites (N-methyl/N-ethyl adjacent to an activating group) is 1. The smallest absolute Gasteiger partial charge is 0.277 e. The molecule has 0 radical (unpaired) electrons. The van der Waals surface area contributed by atoms with E-state index < -0.39 is 0 Å². The summed E-state index contributed by atoms with van der Waals surface area (Å²) in [5, 5.41) is 12.5. The third-order valence-corrected chi connectivity index (χ3v) is 2.38. The van der Waals surface area contributed by atoms with Crippen LogP contribution < -0.4 is 10.6 Å². The zero-order chi connectivity index (χ0) is 12.0. The van der Waals surface area contributed by atoms with E-state index in [-0.39, 0.29) is 24.1 Å². The van der Waals surface area contributed by atoms with Gasteiger partial charge in [0.25, 0.3) is 5.22 Å². The van der Waals surface area contributed by atoms with E-state index in [1.54, 1.807) is 6.92 Å². The maximum atomic E-state index is 11.2. The molecule has 0 unspecified atom stereocenters. The number of amides is 2. The Morgan fingerprint density at radius 1 is 1.38 bits per heavy atom. The molecule has 0 aliphatic rings. The van der Waals surface area contributed by atoms with Crippen LogP contribution in [0.15, 0.2) is 9.64 Å². The lowest BCUT2D eigenvalue weighted by Crippen LogP contribution is -2.35. The summed E-state index contributed by atoms with van der Waals surface area (Å²) in [5.74, 6) is 0.0863. The van der Waals surface area contributed by atoms with Crippen molar-refractivity contribution in [3.05, 3.63) is 5.89 Å². The Kier molecular flexibility index (Phi) is 4.77. The second kappa shape index (κ2) is 6.11. The summed E-state index contributed by atoms with van der Waals surface area (Å²) in [4.78, 5) is 22.1. The third kappa shape index (κ3) is 4.30. The van der Waals surface area contributed by atoms with Crippen LogP contribution in [0.2, 0.25) is 0 Å². The molecule has 0 aliphatic heterocycles. The monoisotopic (exact) mass is 244 g/mol. The molecule has 0 aromatic carbocycles. The number of rotatable bonds is 5. The fraction of sp³-hybridized carbons (Fsp3) is 0.500. The number of carbonyl (C=O) groups excluding carboxylic acids is 2. The van der Waals surface area contributed by atoms with Crippen LogP contribution in [0, 0.1) is 6.92 Å². The lowest BCUT2D eigenvalue weighted by Gasteiger charge is -2.01. The highest BCUT2D eigenvalue weighted by atomic mass is 32.2. The molecule has 8 heteroatoms. The summed E-state index contributed by atoms with van der Waals surface area (Å²) in [7, 11) is 1.50. The Balaban J connectivity index is 2.22. The minimum Gasteiger partial charge on any atom is -0.416 e. The van der Waals surface area contributed by atoms with E-state index in [1.165, 1.54) is 7.05 Å². The molecule has 2 amide bonds. The van der Waals surface area contributed by atoms with Crippen LogP contribution in [0.25, 0.3) is 0 Å². The van der Waals surface area contributed by atoms with Crippen LogP contribution in [0.4, 0.5) is 0 Å². The van der Waals surface area contributed by atoms with E-state index in [0.29, 0.717) is 11.1 Å². The maximum Gasteiger partial charge on any atom is 0.277 e. The van der Waals surface area contributed by atoms with Gasteiger partial charge < -0.3 is 15.1 Å². The van der Waals surface area contributed by atoms with Gasteiger partial charge in [-0.15, -0.1) is 10.2 Å². The van der Waals surface area contributed by atoms with Crippen LogP contribution >= 0.6 is 11.8 Å². The zero-order valence-corrected chi connectivity index (χ0v) is 9.76. The average Bonchev–Trinajstić information content (AvgIpc) is 2.69. The Labute approximate surface area is 96.4 Å². The van der Waals surface area contributed by atoms with Gasteiger partial charge in [-0.3, -0.25) is 9.59 Å². The van der Waals surface area contributed by atoms with Gasteiger partial charge in [-0.2, -0.15) is 0 Å². The van der Waals surface area contributed by atoms with Gasteiger partial charge in [-0.25, -0.2) is 0 Å². The number of aryl methyl sites for hydroxylation is 1. The number of carbonyl (C=O) groups is 2. The number of hydrogen-bond acceptors (Lipinski definition) is 6. The molecule has 7 nitrogen and oxygen atoms in total. The third-order valence-electron chi connectivity index (χ3n) is 1.56. The molecule has 16 heavy (non-hydrogen) atoms. The number of nitrogens with one attached hydrogen (secondary N) is 2. The largest absolute Gasteiger partial charge is 0.416 e. The molecule has 0 fully saturated rings. The van der Waals surface area contributed by atoms with Crippen molar-refractivity contribution in [1.82, 2.24) is 20.8 Å². The summed E-state index contributed by atoms with van der Waals surface area (Å²) in [6, 6.07) is 0. The number of hydrogen-bond donors (Lipinski definition) is 2. The highest BCUT2D eigenvalue weighted by molar-refractivity contribution is 7.99. The van der Waals surface area contributed by atoms with Gasteiger partial charge >= 0.3 is 0 Å². The molecule has 1 aromatic rings. The number of aromatic nitrogens is 2. The van der Waals surface area contributed by atoms with E-state index in [0.717, 1.165) is 11.8 Å². The maximum absolute atomic E-state index is 11.2. The molecule has 0 atom stereocenters.